The van der Waals surface area contributed by atoms with E-state index < -0.39 is 0 Å². The molecule has 1 atom stereocenters. The van der Waals surface area contributed by atoms with Gasteiger partial charge >= 0.3 is 5.97 Å². The largest absolute Gasteiger partial charge is 0.472 e. The third kappa shape index (κ3) is 5.24. The molecule has 0 radical (unpaired) electrons. The highest BCUT2D eigenvalue weighted by atomic mass is 16.5. The lowest BCUT2D eigenvalue weighted by atomic mass is 10.0. The van der Waals surface area contributed by atoms with Crippen molar-refractivity contribution in [1.29, 1.82) is 0 Å². The summed E-state index contributed by atoms with van der Waals surface area (Å²) in [5, 5.41) is 0. The number of hydrogen-bond donors (Lipinski definition) is 0. The highest BCUT2D eigenvalue weighted by Gasteiger charge is 2.26. The molecule has 4 nitrogen and oxygen atoms in total. The Morgan fingerprint density at radius 3 is 2.56 bits per heavy atom. The van der Waals surface area contributed by atoms with Crippen LogP contribution in [0, 0.1) is 0 Å². The molecule has 132 valence electrons. The summed E-state index contributed by atoms with van der Waals surface area (Å²) in [4.78, 5) is 12.0. The van der Waals surface area contributed by atoms with E-state index in [0.29, 0.717) is 6.42 Å². The standard InChI is InChI=1S/C21H24O4/c1-16(4-2-5-17-8-10-23-14-17)12-20-13-19(21(22)25-20)7-3-6-18-9-11-24-15-18/h7-12,14-15,20H,2-6,13H2,1H3/t20-/m0/s1. The molecule has 3 heterocycles. The van der Waals surface area contributed by atoms with Crippen molar-refractivity contribution in [2.45, 2.75) is 51.6 Å². The Morgan fingerprint density at radius 1 is 1.16 bits per heavy atom. The molecule has 0 saturated carbocycles. The second-order valence-electron chi connectivity index (χ2n) is 6.55. The number of ether oxygens (including phenoxy) is 1. The van der Waals surface area contributed by atoms with E-state index in [9.17, 15) is 4.79 Å². The van der Waals surface area contributed by atoms with E-state index in [2.05, 4.69) is 13.0 Å². The van der Waals surface area contributed by atoms with Crippen molar-refractivity contribution in [3.8, 4) is 0 Å². The summed E-state index contributed by atoms with van der Waals surface area (Å²) in [6, 6.07) is 3.95. The lowest BCUT2D eigenvalue weighted by molar-refractivity contribution is -0.137. The summed E-state index contributed by atoms with van der Waals surface area (Å²) in [6.45, 7) is 2.10. The monoisotopic (exact) mass is 340 g/mol. The highest BCUT2D eigenvalue weighted by molar-refractivity contribution is 5.90. The fourth-order valence-corrected chi connectivity index (χ4v) is 3.07. The van der Waals surface area contributed by atoms with Crippen LogP contribution in [0.3, 0.4) is 0 Å². The SMILES string of the molecule is CC(=C[C@H]1CC(=CCCc2ccoc2)C(=O)O1)CCCc1ccoc1. The Hall–Kier alpha value is -2.49. The molecule has 0 aliphatic carbocycles. The van der Waals surface area contributed by atoms with Crippen LogP contribution in [0.4, 0.5) is 0 Å². The van der Waals surface area contributed by atoms with E-state index in [1.807, 2.05) is 18.2 Å². The molecule has 0 aromatic carbocycles. The maximum atomic E-state index is 12.0. The number of hydrogen-bond acceptors (Lipinski definition) is 4. The Morgan fingerprint density at radius 2 is 1.88 bits per heavy atom. The van der Waals surface area contributed by atoms with Gasteiger partial charge in [0.1, 0.15) is 6.10 Å². The van der Waals surface area contributed by atoms with Gasteiger partial charge in [-0.05, 0) is 68.4 Å². The van der Waals surface area contributed by atoms with Crippen LogP contribution in [-0.2, 0) is 22.4 Å². The van der Waals surface area contributed by atoms with E-state index in [4.69, 9.17) is 13.6 Å². The lowest BCUT2D eigenvalue weighted by Crippen LogP contribution is -2.03. The average Bonchev–Trinajstić information content (AvgIpc) is 3.31. The zero-order valence-corrected chi connectivity index (χ0v) is 14.6. The smallest absolute Gasteiger partial charge is 0.334 e. The third-order valence-corrected chi connectivity index (χ3v) is 4.43. The first kappa shape index (κ1) is 17.3. The summed E-state index contributed by atoms with van der Waals surface area (Å²) >= 11 is 0. The van der Waals surface area contributed by atoms with Gasteiger partial charge in [-0.15, -0.1) is 0 Å². The molecular formula is C21H24O4. The molecule has 1 aliphatic rings. The van der Waals surface area contributed by atoms with Crippen LogP contribution in [0.15, 0.2) is 69.3 Å². The first-order chi connectivity index (χ1) is 12.2. The van der Waals surface area contributed by atoms with E-state index in [0.717, 1.165) is 43.2 Å². The molecule has 1 fully saturated rings. The van der Waals surface area contributed by atoms with Gasteiger partial charge < -0.3 is 13.6 Å². The molecule has 0 amide bonds. The number of carbonyl (C=O) groups is 1. The van der Waals surface area contributed by atoms with Crippen molar-refractivity contribution < 1.29 is 18.4 Å². The third-order valence-electron chi connectivity index (χ3n) is 4.43. The molecule has 0 unspecified atom stereocenters. The minimum absolute atomic E-state index is 0.124. The number of furan rings is 2. The number of cyclic esters (lactones) is 1. The van der Waals surface area contributed by atoms with Gasteiger partial charge in [-0.1, -0.05) is 11.6 Å². The van der Waals surface area contributed by atoms with Crippen molar-refractivity contribution in [3.63, 3.8) is 0 Å². The van der Waals surface area contributed by atoms with Crippen LogP contribution in [0.1, 0.15) is 43.7 Å². The van der Waals surface area contributed by atoms with Crippen molar-refractivity contribution >= 4 is 5.97 Å². The molecule has 2 aromatic heterocycles. The van der Waals surface area contributed by atoms with Crippen LogP contribution in [0.5, 0.6) is 0 Å². The zero-order chi connectivity index (χ0) is 17.5. The second-order valence-corrected chi connectivity index (χ2v) is 6.55. The fourth-order valence-electron chi connectivity index (χ4n) is 3.07. The van der Waals surface area contributed by atoms with Crippen LogP contribution < -0.4 is 0 Å². The van der Waals surface area contributed by atoms with Gasteiger partial charge in [0.25, 0.3) is 0 Å². The molecule has 2 aromatic rings. The summed E-state index contributed by atoms with van der Waals surface area (Å²) in [5.74, 6) is -0.181. The Kier molecular flexibility index (Phi) is 5.94. The number of rotatable bonds is 8. The molecule has 0 bridgehead atoms. The van der Waals surface area contributed by atoms with Gasteiger partial charge in [0, 0.05) is 12.0 Å². The van der Waals surface area contributed by atoms with Crippen LogP contribution in [0.25, 0.3) is 0 Å². The number of aryl methyl sites for hydroxylation is 2. The Bertz CT molecular complexity index is 720. The number of esters is 1. The Balaban J connectivity index is 1.44. The van der Waals surface area contributed by atoms with Crippen LogP contribution in [0.2, 0.25) is 0 Å². The molecule has 1 aliphatic heterocycles. The van der Waals surface area contributed by atoms with Crippen molar-refractivity contribution in [1.82, 2.24) is 0 Å². The maximum Gasteiger partial charge on any atom is 0.334 e. The topological polar surface area (TPSA) is 52.6 Å². The van der Waals surface area contributed by atoms with Crippen LogP contribution >= 0.6 is 0 Å². The van der Waals surface area contributed by atoms with Crippen molar-refractivity contribution in [2.75, 3.05) is 0 Å². The fraction of sp³-hybridized carbons (Fsp3) is 0.381. The molecule has 0 spiro atoms. The van der Waals surface area contributed by atoms with Gasteiger partial charge in [0.05, 0.1) is 25.1 Å². The summed E-state index contributed by atoms with van der Waals surface area (Å²) in [7, 11) is 0. The lowest BCUT2D eigenvalue weighted by Gasteiger charge is -2.05. The predicted molar refractivity (Wildman–Crippen MR) is 95.0 cm³/mol. The molecule has 1 saturated heterocycles. The van der Waals surface area contributed by atoms with Gasteiger partial charge in [-0.3, -0.25) is 0 Å². The second kappa shape index (κ2) is 8.56. The maximum absolute atomic E-state index is 12.0. The molecule has 4 heteroatoms. The van der Waals surface area contributed by atoms with Crippen LogP contribution in [-0.4, -0.2) is 12.1 Å². The van der Waals surface area contributed by atoms with Crippen molar-refractivity contribution in [2.24, 2.45) is 0 Å². The average molecular weight is 340 g/mol. The van der Waals surface area contributed by atoms with Gasteiger partial charge in [-0.2, -0.15) is 0 Å². The number of allylic oxidation sites excluding steroid dienone is 2. The summed E-state index contributed by atoms with van der Waals surface area (Å²) in [6.07, 6.45) is 16.3. The molecule has 25 heavy (non-hydrogen) atoms. The molecule has 0 N–H and O–H groups in total. The predicted octanol–water partition coefficient (Wildman–Crippen LogP) is 5.02. The highest BCUT2D eigenvalue weighted by Crippen LogP contribution is 2.24. The molecular weight excluding hydrogens is 316 g/mol. The minimum atomic E-state index is -0.181. The van der Waals surface area contributed by atoms with Crippen molar-refractivity contribution in [3.05, 3.63) is 71.6 Å². The van der Waals surface area contributed by atoms with E-state index in [-0.39, 0.29) is 12.1 Å². The zero-order valence-electron chi connectivity index (χ0n) is 14.6. The summed E-state index contributed by atoms with van der Waals surface area (Å²) in [5.41, 5.74) is 4.42. The number of carbonyl (C=O) groups excluding carboxylic acids is 1. The summed E-state index contributed by atoms with van der Waals surface area (Å²) < 4.78 is 15.6. The van der Waals surface area contributed by atoms with Gasteiger partial charge in [0.2, 0.25) is 0 Å². The van der Waals surface area contributed by atoms with E-state index in [1.165, 1.54) is 11.1 Å². The van der Waals surface area contributed by atoms with E-state index in [1.54, 1.807) is 25.1 Å². The van der Waals surface area contributed by atoms with E-state index >= 15 is 0 Å². The minimum Gasteiger partial charge on any atom is -0.472 e. The molecule has 3 rings (SSSR count). The van der Waals surface area contributed by atoms with Gasteiger partial charge in [0.15, 0.2) is 0 Å². The Labute approximate surface area is 148 Å². The first-order valence-corrected chi connectivity index (χ1v) is 8.80. The first-order valence-electron chi connectivity index (χ1n) is 8.80. The normalized spacial score (nSPS) is 19.6. The quantitative estimate of drug-likeness (QED) is 0.385. The van der Waals surface area contributed by atoms with Gasteiger partial charge in [-0.25, -0.2) is 4.79 Å².